The van der Waals surface area contributed by atoms with Crippen LogP contribution in [0.25, 0.3) is 0 Å². The Labute approximate surface area is 101 Å². The number of nitrogens with zero attached hydrogens (tertiary/aromatic N) is 1. The molecule has 0 unspecified atom stereocenters. The molecule has 1 rings (SSSR count). The van der Waals surface area contributed by atoms with E-state index in [9.17, 15) is 0 Å². The van der Waals surface area contributed by atoms with Crippen molar-refractivity contribution in [2.75, 3.05) is 26.8 Å². The molecule has 1 aromatic carbocycles. The number of benzene rings is 1. The molecule has 0 amide bonds. The fourth-order valence-electron chi connectivity index (χ4n) is 1.12. The summed E-state index contributed by atoms with van der Waals surface area (Å²) >= 11 is 5.76. The summed E-state index contributed by atoms with van der Waals surface area (Å²) in [6.07, 6.45) is 0. The lowest BCUT2D eigenvalue weighted by Crippen LogP contribution is -2.24. The molecule has 0 aliphatic rings. The third-order valence-electron chi connectivity index (χ3n) is 2.19. The van der Waals surface area contributed by atoms with Gasteiger partial charge < -0.3 is 14.7 Å². The van der Waals surface area contributed by atoms with Crippen LogP contribution in [-0.4, -0.2) is 36.8 Å². The number of ether oxygens (including phenoxy) is 1. The van der Waals surface area contributed by atoms with Crippen LogP contribution in [0.15, 0.2) is 36.5 Å². The van der Waals surface area contributed by atoms with Gasteiger partial charge in [-0.1, -0.05) is 18.2 Å². The highest BCUT2D eigenvalue weighted by Gasteiger charge is 2.02. The molecule has 0 aromatic heterocycles. The highest BCUT2D eigenvalue weighted by molar-refractivity contribution is 6.30. The van der Waals surface area contributed by atoms with Crippen LogP contribution in [0.5, 0.6) is 5.75 Å². The summed E-state index contributed by atoms with van der Waals surface area (Å²) in [6.45, 7) is 4.94. The normalized spacial score (nSPS) is 9.94. The van der Waals surface area contributed by atoms with Gasteiger partial charge in [-0.05, 0) is 24.3 Å². The molecule has 0 saturated carbocycles. The minimum Gasteiger partial charge on any atom is -0.487 e. The zero-order valence-electron chi connectivity index (χ0n) is 9.32. The number of aliphatic hydroxyl groups is 1. The minimum absolute atomic E-state index is 0.108. The van der Waals surface area contributed by atoms with Crippen LogP contribution in [0, 0.1) is 0 Å². The molecular formula is C12H16ClNO2. The fraction of sp³-hybridized carbons (Fsp3) is 0.333. The molecule has 4 heteroatoms. The average molecular weight is 242 g/mol. The van der Waals surface area contributed by atoms with E-state index < -0.39 is 0 Å². The van der Waals surface area contributed by atoms with Gasteiger partial charge in [-0.3, -0.25) is 0 Å². The number of hydrogen-bond acceptors (Lipinski definition) is 3. The van der Waals surface area contributed by atoms with E-state index in [2.05, 4.69) is 6.58 Å². The lowest BCUT2D eigenvalue weighted by atomic mass is 10.3. The fourth-order valence-corrected chi connectivity index (χ4v) is 1.24. The van der Waals surface area contributed by atoms with Crippen molar-refractivity contribution in [1.29, 1.82) is 0 Å². The lowest BCUT2D eigenvalue weighted by molar-refractivity contribution is 0.227. The maximum Gasteiger partial charge on any atom is 0.127 e. The largest absolute Gasteiger partial charge is 0.487 e. The summed E-state index contributed by atoms with van der Waals surface area (Å²) in [4.78, 5) is 1.86. The van der Waals surface area contributed by atoms with Gasteiger partial charge in [0.2, 0.25) is 0 Å². The first-order valence-electron chi connectivity index (χ1n) is 5.01. The Morgan fingerprint density at radius 3 is 2.62 bits per heavy atom. The SMILES string of the molecule is C=C(COc1ccc(Cl)cc1)N(C)CCO. The van der Waals surface area contributed by atoms with Crippen molar-refractivity contribution in [2.24, 2.45) is 0 Å². The van der Waals surface area contributed by atoms with Gasteiger partial charge in [0.25, 0.3) is 0 Å². The average Bonchev–Trinajstić information content (AvgIpc) is 2.28. The molecule has 3 nitrogen and oxygen atoms in total. The Balaban J connectivity index is 2.39. The predicted molar refractivity (Wildman–Crippen MR) is 65.8 cm³/mol. The van der Waals surface area contributed by atoms with Crippen molar-refractivity contribution in [1.82, 2.24) is 4.90 Å². The van der Waals surface area contributed by atoms with Crippen molar-refractivity contribution < 1.29 is 9.84 Å². The van der Waals surface area contributed by atoms with Gasteiger partial charge in [-0.25, -0.2) is 0 Å². The van der Waals surface area contributed by atoms with Crippen LogP contribution < -0.4 is 4.74 Å². The number of hydrogen-bond donors (Lipinski definition) is 1. The minimum atomic E-state index is 0.108. The van der Waals surface area contributed by atoms with Crippen molar-refractivity contribution in [3.8, 4) is 5.75 Å². The quantitative estimate of drug-likeness (QED) is 0.829. The second-order valence-electron chi connectivity index (χ2n) is 3.45. The van der Waals surface area contributed by atoms with Gasteiger partial charge in [0.15, 0.2) is 0 Å². The molecule has 0 fully saturated rings. The van der Waals surface area contributed by atoms with E-state index in [1.807, 2.05) is 24.1 Å². The van der Waals surface area contributed by atoms with Crippen molar-refractivity contribution in [3.05, 3.63) is 41.6 Å². The van der Waals surface area contributed by atoms with Gasteiger partial charge in [0.05, 0.1) is 6.61 Å². The first kappa shape index (κ1) is 12.9. The van der Waals surface area contributed by atoms with Crippen molar-refractivity contribution in [3.63, 3.8) is 0 Å². The maximum absolute atomic E-state index is 8.76. The molecule has 1 N–H and O–H groups in total. The molecule has 0 heterocycles. The first-order chi connectivity index (χ1) is 7.63. The van der Waals surface area contributed by atoms with Gasteiger partial charge >= 0.3 is 0 Å². The van der Waals surface area contributed by atoms with Crippen LogP contribution in [0.1, 0.15) is 0 Å². The summed E-state index contributed by atoms with van der Waals surface area (Å²) in [7, 11) is 1.86. The molecule has 0 radical (unpaired) electrons. The molecule has 0 aliphatic carbocycles. The molecule has 16 heavy (non-hydrogen) atoms. The number of rotatable bonds is 6. The Hall–Kier alpha value is -1.19. The Morgan fingerprint density at radius 1 is 1.44 bits per heavy atom. The van der Waals surface area contributed by atoms with Gasteiger partial charge in [-0.15, -0.1) is 0 Å². The van der Waals surface area contributed by atoms with E-state index in [1.54, 1.807) is 12.1 Å². The highest BCUT2D eigenvalue weighted by atomic mass is 35.5. The number of likely N-dealkylation sites (N-methyl/N-ethyl adjacent to an activating group) is 1. The van der Waals surface area contributed by atoms with Crippen LogP contribution in [0.3, 0.4) is 0 Å². The molecule has 88 valence electrons. The van der Waals surface area contributed by atoms with Crippen LogP contribution in [0.4, 0.5) is 0 Å². The molecule has 0 spiro atoms. The van der Waals surface area contributed by atoms with E-state index in [1.165, 1.54) is 0 Å². The van der Waals surface area contributed by atoms with Gasteiger partial charge in [-0.2, -0.15) is 0 Å². The lowest BCUT2D eigenvalue weighted by Gasteiger charge is -2.20. The summed E-state index contributed by atoms with van der Waals surface area (Å²) < 4.78 is 5.51. The highest BCUT2D eigenvalue weighted by Crippen LogP contribution is 2.16. The van der Waals surface area contributed by atoms with E-state index in [-0.39, 0.29) is 6.61 Å². The second kappa shape index (κ2) is 6.40. The Morgan fingerprint density at radius 2 is 2.06 bits per heavy atom. The predicted octanol–water partition coefficient (Wildman–Crippen LogP) is 2.16. The van der Waals surface area contributed by atoms with Gasteiger partial charge in [0.1, 0.15) is 12.4 Å². The van der Waals surface area contributed by atoms with Gasteiger partial charge in [0, 0.05) is 24.3 Å². The molecule has 0 atom stereocenters. The van der Waals surface area contributed by atoms with E-state index in [4.69, 9.17) is 21.4 Å². The standard InChI is InChI=1S/C12H16ClNO2/c1-10(14(2)7-8-15)9-16-12-5-3-11(13)4-6-12/h3-6,15H,1,7-9H2,2H3. The summed E-state index contributed by atoms with van der Waals surface area (Å²) in [5.74, 6) is 0.753. The van der Waals surface area contributed by atoms with Crippen LogP contribution in [0.2, 0.25) is 5.02 Å². The summed E-state index contributed by atoms with van der Waals surface area (Å²) in [5.41, 5.74) is 0.823. The Kier molecular flexibility index (Phi) is 5.15. The number of halogens is 1. The van der Waals surface area contributed by atoms with Crippen LogP contribution in [-0.2, 0) is 0 Å². The van der Waals surface area contributed by atoms with E-state index >= 15 is 0 Å². The zero-order valence-corrected chi connectivity index (χ0v) is 10.1. The van der Waals surface area contributed by atoms with E-state index in [0.29, 0.717) is 18.2 Å². The second-order valence-corrected chi connectivity index (χ2v) is 3.89. The monoisotopic (exact) mass is 241 g/mol. The maximum atomic E-state index is 8.76. The number of aliphatic hydroxyl groups excluding tert-OH is 1. The van der Waals surface area contributed by atoms with E-state index in [0.717, 1.165) is 11.4 Å². The first-order valence-corrected chi connectivity index (χ1v) is 5.39. The molecule has 1 aromatic rings. The van der Waals surface area contributed by atoms with Crippen molar-refractivity contribution >= 4 is 11.6 Å². The summed E-state index contributed by atoms with van der Waals surface area (Å²) in [5, 5.41) is 9.45. The van der Waals surface area contributed by atoms with Crippen LogP contribution >= 0.6 is 11.6 Å². The molecule has 0 bridgehead atoms. The Bertz CT molecular complexity index is 337. The summed E-state index contributed by atoms with van der Waals surface area (Å²) in [6, 6.07) is 7.16. The van der Waals surface area contributed by atoms with Crippen molar-refractivity contribution in [2.45, 2.75) is 0 Å². The molecule has 0 saturated heterocycles. The molecule has 0 aliphatic heterocycles. The smallest absolute Gasteiger partial charge is 0.127 e. The third-order valence-corrected chi connectivity index (χ3v) is 2.45. The topological polar surface area (TPSA) is 32.7 Å². The molecular weight excluding hydrogens is 226 g/mol. The third kappa shape index (κ3) is 4.13. The zero-order chi connectivity index (χ0) is 12.0.